The zero-order chi connectivity index (χ0) is 17.3. The maximum atomic E-state index is 12.8. The Morgan fingerprint density at radius 2 is 2.04 bits per heavy atom. The van der Waals surface area contributed by atoms with Gasteiger partial charge < -0.3 is 4.90 Å². The molecule has 0 aliphatic carbocycles. The van der Waals surface area contributed by atoms with E-state index in [1.54, 1.807) is 30.1 Å². The molecule has 24 heavy (non-hydrogen) atoms. The summed E-state index contributed by atoms with van der Waals surface area (Å²) >= 11 is 1.54. The van der Waals surface area contributed by atoms with E-state index in [0.717, 1.165) is 16.1 Å². The van der Waals surface area contributed by atoms with Crippen LogP contribution < -0.4 is 4.90 Å². The number of carbonyl (C=O) groups excluding carboxylic acids is 1. The summed E-state index contributed by atoms with van der Waals surface area (Å²) < 4.78 is 27.0. The van der Waals surface area contributed by atoms with Crippen LogP contribution in [0.2, 0.25) is 0 Å². The van der Waals surface area contributed by atoms with Crippen molar-refractivity contribution in [1.29, 1.82) is 0 Å². The van der Waals surface area contributed by atoms with E-state index in [-0.39, 0.29) is 10.8 Å². The Bertz CT molecular complexity index is 845. The summed E-state index contributed by atoms with van der Waals surface area (Å²) in [4.78, 5) is 15.0. The van der Waals surface area contributed by atoms with Crippen LogP contribution in [0.3, 0.4) is 0 Å². The van der Waals surface area contributed by atoms with Crippen LogP contribution in [0.15, 0.2) is 40.6 Å². The normalized spacial score (nSPS) is 15.0. The molecule has 1 aliphatic rings. The lowest BCUT2D eigenvalue weighted by molar-refractivity contribution is -0.118. The van der Waals surface area contributed by atoms with Crippen LogP contribution in [-0.4, -0.2) is 32.2 Å². The van der Waals surface area contributed by atoms with Crippen molar-refractivity contribution in [3.05, 3.63) is 46.2 Å². The first-order valence-corrected chi connectivity index (χ1v) is 10.2. The van der Waals surface area contributed by atoms with Crippen LogP contribution in [0.25, 0.3) is 0 Å². The van der Waals surface area contributed by atoms with E-state index >= 15 is 0 Å². The number of carbonyl (C=O) groups is 1. The molecule has 2 aromatic rings. The second-order valence-corrected chi connectivity index (χ2v) is 8.85. The number of thiophene rings is 1. The van der Waals surface area contributed by atoms with Gasteiger partial charge in [-0.15, -0.1) is 11.3 Å². The third-order valence-corrected chi connectivity index (χ3v) is 6.89. The van der Waals surface area contributed by atoms with Crippen molar-refractivity contribution >= 4 is 33.0 Å². The molecule has 0 saturated heterocycles. The number of anilines is 1. The fourth-order valence-electron chi connectivity index (χ4n) is 2.93. The molecule has 0 spiro atoms. The molecule has 0 fully saturated rings. The smallest absolute Gasteiger partial charge is 0.243 e. The van der Waals surface area contributed by atoms with Gasteiger partial charge in [0.15, 0.2) is 0 Å². The van der Waals surface area contributed by atoms with E-state index in [9.17, 15) is 13.2 Å². The lowest BCUT2D eigenvalue weighted by Crippen LogP contribution is -2.35. The molecule has 1 aliphatic heterocycles. The van der Waals surface area contributed by atoms with Crippen LogP contribution in [0, 0.1) is 0 Å². The molecule has 1 aromatic carbocycles. The monoisotopic (exact) mass is 364 g/mol. The Hall–Kier alpha value is -1.70. The van der Waals surface area contributed by atoms with Crippen molar-refractivity contribution in [2.75, 3.05) is 18.5 Å². The Kier molecular flexibility index (Phi) is 4.76. The number of benzene rings is 1. The van der Waals surface area contributed by atoms with Crippen molar-refractivity contribution in [2.45, 2.75) is 31.2 Å². The Morgan fingerprint density at radius 3 is 2.71 bits per heavy atom. The molecule has 0 saturated carbocycles. The fourth-order valence-corrected chi connectivity index (χ4v) is 4.97. The van der Waals surface area contributed by atoms with E-state index in [1.165, 1.54) is 15.6 Å². The molecule has 5 nitrogen and oxygen atoms in total. The Balaban J connectivity index is 1.90. The summed E-state index contributed by atoms with van der Waals surface area (Å²) in [5, 5.41) is 1.94. The summed E-state index contributed by atoms with van der Waals surface area (Å²) in [5.41, 5.74) is 1.75. The van der Waals surface area contributed by atoms with E-state index < -0.39 is 10.0 Å². The van der Waals surface area contributed by atoms with Crippen LogP contribution in [0.4, 0.5) is 5.69 Å². The summed E-state index contributed by atoms with van der Waals surface area (Å²) in [6.07, 6.45) is 1.01. The molecule has 128 valence electrons. The molecule has 0 N–H and O–H groups in total. The molecule has 0 bridgehead atoms. The van der Waals surface area contributed by atoms with Crippen LogP contribution >= 0.6 is 11.3 Å². The van der Waals surface area contributed by atoms with Gasteiger partial charge in [0.2, 0.25) is 15.9 Å². The van der Waals surface area contributed by atoms with Gasteiger partial charge in [0.05, 0.1) is 4.90 Å². The lowest BCUT2D eigenvalue weighted by Gasteiger charge is -2.29. The molecular formula is C17H20N2O3S2. The van der Waals surface area contributed by atoms with E-state index in [2.05, 4.69) is 0 Å². The molecule has 0 atom stereocenters. The minimum Gasteiger partial charge on any atom is -0.312 e. The highest BCUT2D eigenvalue weighted by Gasteiger charge is 2.27. The topological polar surface area (TPSA) is 57.7 Å². The van der Waals surface area contributed by atoms with Crippen molar-refractivity contribution in [3.8, 4) is 0 Å². The molecule has 3 rings (SSSR count). The van der Waals surface area contributed by atoms with Gasteiger partial charge in [0.1, 0.15) is 0 Å². The Morgan fingerprint density at radius 1 is 1.25 bits per heavy atom. The number of hydrogen-bond donors (Lipinski definition) is 0. The summed E-state index contributed by atoms with van der Waals surface area (Å²) in [5.74, 6) is 0.0930. The molecule has 1 aromatic heterocycles. The predicted molar refractivity (Wildman–Crippen MR) is 95.8 cm³/mol. The van der Waals surface area contributed by atoms with Crippen LogP contribution in [0.5, 0.6) is 0 Å². The number of amides is 1. The number of nitrogens with zero attached hydrogens (tertiary/aromatic N) is 2. The largest absolute Gasteiger partial charge is 0.312 e. The first-order valence-electron chi connectivity index (χ1n) is 7.85. The number of fused-ring (bicyclic) bond motifs is 1. The zero-order valence-electron chi connectivity index (χ0n) is 13.7. The van der Waals surface area contributed by atoms with E-state index in [0.29, 0.717) is 25.9 Å². The lowest BCUT2D eigenvalue weighted by atomic mass is 10.0. The predicted octanol–water partition coefficient (Wildman–Crippen LogP) is 2.87. The van der Waals surface area contributed by atoms with Gasteiger partial charge in [-0.3, -0.25) is 4.79 Å². The average molecular weight is 364 g/mol. The molecule has 1 amide bonds. The van der Waals surface area contributed by atoms with Gasteiger partial charge >= 0.3 is 0 Å². The molecular weight excluding hydrogens is 344 g/mol. The van der Waals surface area contributed by atoms with Gasteiger partial charge in [-0.1, -0.05) is 6.07 Å². The number of aryl methyl sites for hydroxylation is 1. The highest BCUT2D eigenvalue weighted by molar-refractivity contribution is 7.89. The first kappa shape index (κ1) is 17.1. The van der Waals surface area contributed by atoms with E-state index in [1.807, 2.05) is 24.4 Å². The summed E-state index contributed by atoms with van der Waals surface area (Å²) in [6, 6.07) is 8.90. The quantitative estimate of drug-likeness (QED) is 0.820. The highest BCUT2D eigenvalue weighted by atomic mass is 32.2. The SMILES string of the molecule is CCN1C(=O)CCc2cc(S(=O)(=O)N(C)Cc3cccs3)ccc21. The van der Waals surface area contributed by atoms with E-state index in [4.69, 9.17) is 0 Å². The maximum absolute atomic E-state index is 12.8. The standard InChI is InChI=1S/C17H20N2O3S2/c1-3-19-16-8-7-15(11-13(16)6-9-17(19)20)24(21,22)18(2)12-14-5-4-10-23-14/h4-5,7-8,10-11H,3,6,9,12H2,1-2H3. The van der Waals surface area contributed by atoms with Crippen LogP contribution in [-0.2, 0) is 27.8 Å². The number of rotatable bonds is 5. The summed E-state index contributed by atoms with van der Waals surface area (Å²) in [7, 11) is -1.96. The third kappa shape index (κ3) is 3.11. The molecule has 0 radical (unpaired) electrons. The van der Waals surface area contributed by atoms with Crippen molar-refractivity contribution in [2.24, 2.45) is 0 Å². The van der Waals surface area contributed by atoms with Crippen molar-refractivity contribution < 1.29 is 13.2 Å². The van der Waals surface area contributed by atoms with Gasteiger partial charge in [-0.05, 0) is 48.6 Å². The number of sulfonamides is 1. The van der Waals surface area contributed by atoms with Crippen LogP contribution in [0.1, 0.15) is 23.8 Å². The van der Waals surface area contributed by atoms with Crippen molar-refractivity contribution in [1.82, 2.24) is 4.31 Å². The second kappa shape index (κ2) is 6.66. The molecule has 0 unspecified atom stereocenters. The average Bonchev–Trinajstić information content (AvgIpc) is 3.07. The zero-order valence-corrected chi connectivity index (χ0v) is 15.4. The Labute approximate surface area is 146 Å². The first-order chi connectivity index (χ1) is 11.4. The molecule has 7 heteroatoms. The summed E-state index contributed by atoms with van der Waals surface area (Å²) in [6.45, 7) is 2.87. The van der Waals surface area contributed by atoms with Crippen molar-refractivity contribution in [3.63, 3.8) is 0 Å². The minimum atomic E-state index is -3.55. The number of hydrogen-bond acceptors (Lipinski definition) is 4. The van der Waals surface area contributed by atoms with Gasteiger partial charge in [-0.2, -0.15) is 4.31 Å². The maximum Gasteiger partial charge on any atom is 0.243 e. The minimum absolute atomic E-state index is 0.0930. The second-order valence-electron chi connectivity index (χ2n) is 5.77. The molecule has 2 heterocycles. The fraction of sp³-hybridized carbons (Fsp3) is 0.353. The van der Waals surface area contributed by atoms with Gasteiger partial charge in [0.25, 0.3) is 0 Å². The highest BCUT2D eigenvalue weighted by Crippen LogP contribution is 2.31. The van der Waals surface area contributed by atoms with Gasteiger partial charge in [-0.25, -0.2) is 8.42 Å². The van der Waals surface area contributed by atoms with Gasteiger partial charge in [0, 0.05) is 37.1 Å². The third-order valence-electron chi connectivity index (χ3n) is 4.23.